The number of rotatable bonds is 0. The summed E-state index contributed by atoms with van der Waals surface area (Å²) in [7, 11) is 0. The summed E-state index contributed by atoms with van der Waals surface area (Å²) in [6.45, 7) is 0. The number of aromatic hydroxyl groups is 1. The number of phenols is 1. The van der Waals surface area contributed by atoms with Crippen molar-refractivity contribution in [1.82, 2.24) is 0 Å². The van der Waals surface area contributed by atoms with E-state index in [1.54, 1.807) is 36.4 Å². The number of fused-ring (bicyclic) bond motifs is 2. The molecule has 0 fully saturated rings. The maximum Gasteiger partial charge on any atom is 0.233 e. The van der Waals surface area contributed by atoms with Crippen LogP contribution in [0.15, 0.2) is 36.4 Å². The van der Waals surface area contributed by atoms with Crippen LogP contribution in [0.2, 0.25) is 0 Å². The predicted octanol–water partition coefficient (Wildman–Crippen LogP) is 2.32. The Hall–Kier alpha value is -2.42. The van der Waals surface area contributed by atoms with E-state index in [1.165, 1.54) is 6.08 Å². The van der Waals surface area contributed by atoms with Gasteiger partial charge in [-0.3, -0.25) is 9.59 Å². The number of Topliss-reactive ketones (excluding diaryl/α,β-unsaturated/α-hetero) is 1. The second-order valence-electron chi connectivity index (χ2n) is 3.96. The normalized spacial score (nSPS) is 14.1. The fourth-order valence-electron chi connectivity index (χ4n) is 2.03. The van der Waals surface area contributed by atoms with E-state index < -0.39 is 11.6 Å². The average molecular weight is 224 g/mol. The summed E-state index contributed by atoms with van der Waals surface area (Å²) in [5, 5.41) is 11.1. The van der Waals surface area contributed by atoms with Crippen LogP contribution in [0, 0.1) is 0 Å². The number of carbonyl (C=O) groups is 2. The average Bonchev–Trinajstić information content (AvgIpc) is 2.33. The molecular formula is C14H8O3. The molecule has 2 aromatic rings. The Morgan fingerprint density at radius 2 is 1.82 bits per heavy atom. The molecule has 0 saturated carbocycles. The maximum absolute atomic E-state index is 11.7. The van der Waals surface area contributed by atoms with E-state index in [1.807, 2.05) is 0 Å². The quantitative estimate of drug-likeness (QED) is 0.699. The lowest BCUT2D eigenvalue weighted by Gasteiger charge is -2.10. The van der Waals surface area contributed by atoms with Crippen molar-refractivity contribution in [3.8, 4) is 5.75 Å². The third-order valence-electron chi connectivity index (χ3n) is 2.91. The molecule has 0 bridgehead atoms. The van der Waals surface area contributed by atoms with E-state index in [-0.39, 0.29) is 5.75 Å². The molecule has 1 aliphatic rings. The van der Waals surface area contributed by atoms with Crippen LogP contribution >= 0.6 is 0 Å². The zero-order valence-electron chi connectivity index (χ0n) is 8.81. The Morgan fingerprint density at radius 3 is 2.65 bits per heavy atom. The molecule has 0 spiro atoms. The van der Waals surface area contributed by atoms with Gasteiger partial charge >= 0.3 is 0 Å². The number of phenolic OH excluding ortho intramolecular Hbond substituents is 1. The fourth-order valence-corrected chi connectivity index (χ4v) is 2.03. The number of carbonyl (C=O) groups excluding carboxylic acids is 2. The van der Waals surface area contributed by atoms with Gasteiger partial charge in [0, 0.05) is 10.9 Å². The minimum absolute atomic E-state index is 0.169. The van der Waals surface area contributed by atoms with Crippen molar-refractivity contribution in [2.75, 3.05) is 0 Å². The Morgan fingerprint density at radius 1 is 1.00 bits per heavy atom. The monoisotopic (exact) mass is 224 g/mol. The first-order chi connectivity index (χ1) is 8.16. The first-order valence-electron chi connectivity index (χ1n) is 5.19. The summed E-state index contributed by atoms with van der Waals surface area (Å²) in [6, 6.07) is 8.46. The van der Waals surface area contributed by atoms with Gasteiger partial charge in [0.15, 0.2) is 0 Å². The molecule has 1 aliphatic carbocycles. The zero-order valence-corrected chi connectivity index (χ0v) is 8.81. The lowest BCUT2D eigenvalue weighted by molar-refractivity contribution is -0.110. The lowest BCUT2D eigenvalue weighted by Crippen LogP contribution is -2.15. The molecule has 0 atom stereocenters. The Balaban J connectivity index is 2.39. The summed E-state index contributed by atoms with van der Waals surface area (Å²) in [6.07, 6.45) is 2.86. The maximum atomic E-state index is 11.7. The van der Waals surface area contributed by atoms with Crippen molar-refractivity contribution in [2.45, 2.75) is 0 Å². The van der Waals surface area contributed by atoms with Crippen molar-refractivity contribution in [3.05, 3.63) is 47.5 Å². The van der Waals surface area contributed by atoms with Crippen LogP contribution in [0.3, 0.4) is 0 Å². The molecule has 0 unspecified atom stereocenters. The van der Waals surface area contributed by atoms with Gasteiger partial charge in [-0.15, -0.1) is 0 Å². The first kappa shape index (κ1) is 9.78. The lowest BCUT2D eigenvalue weighted by atomic mass is 9.92. The zero-order chi connectivity index (χ0) is 12.0. The van der Waals surface area contributed by atoms with Crippen molar-refractivity contribution >= 4 is 28.4 Å². The van der Waals surface area contributed by atoms with Crippen molar-refractivity contribution in [3.63, 3.8) is 0 Å². The van der Waals surface area contributed by atoms with Crippen LogP contribution in [0.25, 0.3) is 16.8 Å². The van der Waals surface area contributed by atoms with E-state index in [4.69, 9.17) is 0 Å². The molecule has 0 amide bonds. The largest absolute Gasteiger partial charge is 0.507 e. The molecule has 0 aromatic heterocycles. The Kier molecular flexibility index (Phi) is 1.89. The number of hydrogen-bond donors (Lipinski definition) is 1. The van der Waals surface area contributed by atoms with Crippen LogP contribution in [-0.4, -0.2) is 16.7 Å². The Bertz CT molecular complexity index is 696. The molecular weight excluding hydrogens is 216 g/mol. The topological polar surface area (TPSA) is 54.4 Å². The first-order valence-corrected chi connectivity index (χ1v) is 5.19. The highest BCUT2D eigenvalue weighted by Crippen LogP contribution is 2.29. The number of ketones is 2. The van der Waals surface area contributed by atoms with Gasteiger partial charge in [-0.25, -0.2) is 0 Å². The Labute approximate surface area is 97.0 Å². The molecule has 1 N–H and O–H groups in total. The second-order valence-corrected chi connectivity index (χ2v) is 3.96. The van der Waals surface area contributed by atoms with Crippen LogP contribution in [0.1, 0.15) is 15.9 Å². The van der Waals surface area contributed by atoms with Gasteiger partial charge in [0.2, 0.25) is 11.6 Å². The fraction of sp³-hybridized carbons (Fsp3) is 0. The molecule has 0 saturated heterocycles. The van der Waals surface area contributed by atoms with Crippen molar-refractivity contribution < 1.29 is 14.7 Å². The van der Waals surface area contributed by atoms with E-state index in [2.05, 4.69) is 0 Å². The third-order valence-corrected chi connectivity index (χ3v) is 2.91. The molecule has 0 radical (unpaired) electrons. The molecule has 3 rings (SSSR count). The minimum Gasteiger partial charge on any atom is -0.507 e. The molecule has 3 heteroatoms. The van der Waals surface area contributed by atoms with E-state index >= 15 is 0 Å². The number of benzene rings is 2. The van der Waals surface area contributed by atoms with Crippen LogP contribution in [0.4, 0.5) is 0 Å². The van der Waals surface area contributed by atoms with Gasteiger partial charge in [-0.1, -0.05) is 18.2 Å². The predicted molar refractivity (Wildman–Crippen MR) is 64.0 cm³/mol. The molecule has 0 aliphatic heterocycles. The van der Waals surface area contributed by atoms with Gasteiger partial charge < -0.3 is 5.11 Å². The highest BCUT2D eigenvalue weighted by molar-refractivity contribution is 6.50. The summed E-state index contributed by atoms with van der Waals surface area (Å²) < 4.78 is 0. The molecule has 82 valence electrons. The highest BCUT2D eigenvalue weighted by atomic mass is 16.3. The van der Waals surface area contributed by atoms with Crippen molar-refractivity contribution in [2.24, 2.45) is 0 Å². The summed E-state index contributed by atoms with van der Waals surface area (Å²) in [5.41, 5.74) is 1.07. The highest BCUT2D eigenvalue weighted by Gasteiger charge is 2.21. The SMILES string of the molecule is O=C1C=Cc2cc3c(O)cccc3cc2C1=O. The molecule has 3 nitrogen and oxygen atoms in total. The van der Waals surface area contributed by atoms with Gasteiger partial charge in [0.25, 0.3) is 0 Å². The standard InChI is InChI=1S/C14H8O3/c15-12-3-1-2-8-7-11-9(6-10(8)12)4-5-13(16)14(11)17/h1-7,15H. The number of allylic oxidation sites excluding steroid dienone is 1. The smallest absolute Gasteiger partial charge is 0.233 e. The second kappa shape index (κ2) is 3.28. The number of hydrogen-bond acceptors (Lipinski definition) is 3. The summed E-state index contributed by atoms with van der Waals surface area (Å²) in [4.78, 5) is 23.0. The minimum atomic E-state index is -0.503. The van der Waals surface area contributed by atoms with E-state index in [0.29, 0.717) is 16.5 Å². The van der Waals surface area contributed by atoms with Gasteiger partial charge in [-0.2, -0.15) is 0 Å². The van der Waals surface area contributed by atoms with Crippen LogP contribution in [-0.2, 0) is 4.79 Å². The van der Waals surface area contributed by atoms with Crippen molar-refractivity contribution in [1.29, 1.82) is 0 Å². The molecule has 0 heterocycles. The van der Waals surface area contributed by atoms with Gasteiger partial charge in [-0.05, 0) is 35.2 Å². The van der Waals surface area contributed by atoms with E-state index in [0.717, 1.165) is 5.39 Å². The van der Waals surface area contributed by atoms with Gasteiger partial charge in [0.05, 0.1) is 0 Å². The summed E-state index contributed by atoms with van der Waals surface area (Å²) in [5.74, 6) is -0.826. The van der Waals surface area contributed by atoms with Gasteiger partial charge in [0.1, 0.15) is 5.75 Å². The third kappa shape index (κ3) is 1.36. The molecule has 2 aromatic carbocycles. The van der Waals surface area contributed by atoms with Crippen LogP contribution < -0.4 is 0 Å². The molecule has 17 heavy (non-hydrogen) atoms. The summed E-state index contributed by atoms with van der Waals surface area (Å²) >= 11 is 0. The van der Waals surface area contributed by atoms with Crippen LogP contribution in [0.5, 0.6) is 5.75 Å². The van der Waals surface area contributed by atoms with E-state index in [9.17, 15) is 14.7 Å².